The molecule has 12 heavy (non-hydrogen) atoms. The van der Waals surface area contributed by atoms with Crippen molar-refractivity contribution in [2.75, 3.05) is 19.6 Å². The van der Waals surface area contributed by atoms with Crippen molar-refractivity contribution in [2.24, 2.45) is 0 Å². The second-order valence-corrected chi connectivity index (χ2v) is 2.22. The molecule has 0 saturated heterocycles. The normalized spacial score (nSPS) is 9.17. The summed E-state index contributed by atoms with van der Waals surface area (Å²) in [6, 6.07) is -0.331. The van der Waals surface area contributed by atoms with Gasteiger partial charge in [0.15, 0.2) is 0 Å². The van der Waals surface area contributed by atoms with Crippen molar-refractivity contribution in [3.8, 4) is 0 Å². The van der Waals surface area contributed by atoms with Crippen LogP contribution in [0.3, 0.4) is 0 Å². The van der Waals surface area contributed by atoms with Crippen LogP contribution in [0.5, 0.6) is 0 Å². The Balaban J connectivity index is 3.77. The van der Waals surface area contributed by atoms with Crippen molar-refractivity contribution in [1.29, 1.82) is 0 Å². The van der Waals surface area contributed by atoms with Gasteiger partial charge in [-0.1, -0.05) is 0 Å². The summed E-state index contributed by atoms with van der Waals surface area (Å²) >= 11 is 0. The third-order valence-electron chi connectivity index (χ3n) is 1.44. The van der Waals surface area contributed by atoms with E-state index >= 15 is 0 Å². The van der Waals surface area contributed by atoms with E-state index in [1.54, 1.807) is 0 Å². The molecule has 0 unspecified atom stereocenters. The number of rotatable bonds is 4. The lowest BCUT2D eigenvalue weighted by Crippen LogP contribution is -2.41. The summed E-state index contributed by atoms with van der Waals surface area (Å²) in [5.41, 5.74) is 0. The molecule has 0 fully saturated rings. The molecule has 0 atom stereocenters. The first-order valence-corrected chi connectivity index (χ1v) is 3.86. The molecule has 2 N–H and O–H groups in total. The van der Waals surface area contributed by atoms with E-state index in [4.69, 9.17) is 5.11 Å². The summed E-state index contributed by atoms with van der Waals surface area (Å²) in [6.07, 6.45) is 0. The molecule has 0 saturated carbocycles. The van der Waals surface area contributed by atoms with Crippen LogP contribution >= 0.6 is 0 Å². The van der Waals surface area contributed by atoms with Crippen molar-refractivity contribution < 1.29 is 14.7 Å². The fourth-order valence-electron chi connectivity index (χ4n) is 0.774. The molecule has 0 aromatic carbocycles. The van der Waals surface area contributed by atoms with Gasteiger partial charge in [0.05, 0.1) is 0 Å². The predicted molar refractivity (Wildman–Crippen MR) is 44.0 cm³/mol. The van der Waals surface area contributed by atoms with Gasteiger partial charge in [0.1, 0.15) is 6.54 Å². The van der Waals surface area contributed by atoms with Gasteiger partial charge in [-0.3, -0.25) is 4.79 Å². The Hall–Kier alpha value is -1.26. The van der Waals surface area contributed by atoms with E-state index in [0.717, 1.165) is 0 Å². The van der Waals surface area contributed by atoms with Crippen molar-refractivity contribution in [3.63, 3.8) is 0 Å². The highest BCUT2D eigenvalue weighted by Gasteiger charge is 2.08. The first kappa shape index (κ1) is 10.7. The molecular formula is C7H14N2O3. The molecule has 0 aliphatic heterocycles. The topological polar surface area (TPSA) is 69.6 Å². The van der Waals surface area contributed by atoms with Crippen molar-refractivity contribution in [2.45, 2.75) is 13.8 Å². The Bertz CT molecular complexity index is 166. The minimum absolute atomic E-state index is 0.324. The number of carboxylic acids is 1. The van der Waals surface area contributed by atoms with E-state index in [0.29, 0.717) is 13.1 Å². The number of aliphatic carboxylic acids is 1. The van der Waals surface area contributed by atoms with Gasteiger partial charge >= 0.3 is 12.0 Å². The average molecular weight is 174 g/mol. The van der Waals surface area contributed by atoms with Crippen molar-refractivity contribution in [3.05, 3.63) is 0 Å². The fraction of sp³-hybridized carbons (Fsp3) is 0.714. The van der Waals surface area contributed by atoms with Crippen LogP contribution in [0.1, 0.15) is 13.8 Å². The highest BCUT2D eigenvalue weighted by Crippen LogP contribution is 1.86. The van der Waals surface area contributed by atoms with E-state index in [1.165, 1.54) is 4.90 Å². The van der Waals surface area contributed by atoms with Crippen LogP contribution in [0.25, 0.3) is 0 Å². The van der Waals surface area contributed by atoms with E-state index in [-0.39, 0.29) is 12.6 Å². The molecule has 0 aliphatic carbocycles. The molecule has 0 heterocycles. The molecule has 0 spiro atoms. The minimum atomic E-state index is -1.03. The number of nitrogens with one attached hydrogen (secondary N) is 1. The Kier molecular flexibility index (Phi) is 4.83. The summed E-state index contributed by atoms with van der Waals surface area (Å²) in [6.45, 7) is 4.52. The summed E-state index contributed by atoms with van der Waals surface area (Å²) in [4.78, 5) is 22.6. The molecule has 0 aromatic rings. The lowest BCUT2D eigenvalue weighted by molar-refractivity contribution is -0.135. The van der Waals surface area contributed by atoms with E-state index in [2.05, 4.69) is 5.32 Å². The van der Waals surface area contributed by atoms with Crippen molar-refractivity contribution in [1.82, 2.24) is 10.2 Å². The van der Waals surface area contributed by atoms with Gasteiger partial charge in [-0.25, -0.2) is 4.79 Å². The smallest absolute Gasteiger partial charge is 0.323 e. The molecule has 0 bridgehead atoms. The summed E-state index contributed by atoms with van der Waals surface area (Å²) in [7, 11) is 0. The maximum Gasteiger partial charge on any atom is 0.323 e. The Labute approximate surface area is 71.4 Å². The molecular weight excluding hydrogens is 160 g/mol. The third-order valence-corrected chi connectivity index (χ3v) is 1.44. The standard InChI is InChI=1S/C7H14N2O3/c1-3-9(4-2)7(12)8-5-6(10)11/h3-5H2,1-2H3,(H,8,12)(H,10,11). The van der Waals surface area contributed by atoms with Crippen LogP contribution in [0.2, 0.25) is 0 Å². The molecule has 0 aromatic heterocycles. The zero-order valence-corrected chi connectivity index (χ0v) is 7.33. The summed E-state index contributed by atoms with van der Waals surface area (Å²) < 4.78 is 0. The number of hydrogen-bond acceptors (Lipinski definition) is 2. The van der Waals surface area contributed by atoms with Crippen LogP contribution in [0.15, 0.2) is 0 Å². The Morgan fingerprint density at radius 3 is 2.17 bits per heavy atom. The number of carboxylic acid groups (broad SMARTS) is 1. The van der Waals surface area contributed by atoms with Crippen LogP contribution in [-0.2, 0) is 4.79 Å². The van der Waals surface area contributed by atoms with Crippen LogP contribution < -0.4 is 5.32 Å². The van der Waals surface area contributed by atoms with Crippen LogP contribution in [-0.4, -0.2) is 41.6 Å². The van der Waals surface area contributed by atoms with Crippen LogP contribution in [0, 0.1) is 0 Å². The number of amides is 2. The molecule has 5 heteroatoms. The predicted octanol–water partition coefficient (Wildman–Crippen LogP) is 0.122. The fourth-order valence-corrected chi connectivity index (χ4v) is 0.774. The first-order chi connectivity index (χ1) is 5.61. The highest BCUT2D eigenvalue weighted by atomic mass is 16.4. The molecule has 0 radical (unpaired) electrons. The second kappa shape index (κ2) is 5.40. The van der Waals surface area contributed by atoms with E-state index < -0.39 is 5.97 Å². The van der Waals surface area contributed by atoms with Gasteiger partial charge in [-0.05, 0) is 13.8 Å². The number of carbonyl (C=O) groups excluding carboxylic acids is 1. The van der Waals surface area contributed by atoms with E-state index in [1.807, 2.05) is 13.8 Å². The monoisotopic (exact) mass is 174 g/mol. The van der Waals surface area contributed by atoms with E-state index in [9.17, 15) is 9.59 Å². The first-order valence-electron chi connectivity index (χ1n) is 3.86. The quantitative estimate of drug-likeness (QED) is 0.636. The lowest BCUT2D eigenvalue weighted by Gasteiger charge is -2.18. The molecule has 70 valence electrons. The Morgan fingerprint density at radius 2 is 1.83 bits per heavy atom. The lowest BCUT2D eigenvalue weighted by atomic mass is 10.5. The van der Waals surface area contributed by atoms with Crippen molar-refractivity contribution >= 4 is 12.0 Å². The molecule has 2 amide bonds. The zero-order chi connectivity index (χ0) is 9.56. The van der Waals surface area contributed by atoms with Gasteiger partial charge in [0.2, 0.25) is 0 Å². The second-order valence-electron chi connectivity index (χ2n) is 2.22. The third kappa shape index (κ3) is 3.80. The SMILES string of the molecule is CCN(CC)C(=O)NCC(=O)O. The number of nitrogens with zero attached hydrogens (tertiary/aromatic N) is 1. The van der Waals surface area contributed by atoms with Gasteiger partial charge < -0.3 is 15.3 Å². The largest absolute Gasteiger partial charge is 0.480 e. The van der Waals surface area contributed by atoms with Gasteiger partial charge in [-0.15, -0.1) is 0 Å². The average Bonchev–Trinajstić information content (AvgIpc) is 2.03. The Morgan fingerprint density at radius 1 is 1.33 bits per heavy atom. The minimum Gasteiger partial charge on any atom is -0.480 e. The van der Waals surface area contributed by atoms with Gasteiger partial charge in [0, 0.05) is 13.1 Å². The summed E-state index contributed by atoms with van der Waals surface area (Å²) in [5.74, 6) is -1.03. The van der Waals surface area contributed by atoms with Gasteiger partial charge in [0.25, 0.3) is 0 Å². The number of carbonyl (C=O) groups is 2. The van der Waals surface area contributed by atoms with Crippen LogP contribution in [0.4, 0.5) is 4.79 Å². The number of urea groups is 1. The molecule has 5 nitrogen and oxygen atoms in total. The highest BCUT2D eigenvalue weighted by molar-refractivity contribution is 5.79. The van der Waals surface area contributed by atoms with Gasteiger partial charge in [-0.2, -0.15) is 0 Å². The maximum atomic E-state index is 11.1. The number of hydrogen-bond donors (Lipinski definition) is 2. The molecule has 0 rings (SSSR count). The molecule has 0 aliphatic rings. The maximum absolute atomic E-state index is 11.1. The summed E-state index contributed by atoms with van der Waals surface area (Å²) in [5, 5.41) is 10.5. The zero-order valence-electron chi connectivity index (χ0n) is 7.33.